The van der Waals surface area contributed by atoms with Crippen LogP contribution in [0.2, 0.25) is 0 Å². The number of halogens is 3. The molecule has 154 valence electrons. The van der Waals surface area contributed by atoms with Gasteiger partial charge in [0.1, 0.15) is 11.3 Å². The Morgan fingerprint density at radius 2 is 1.96 bits per heavy atom. The van der Waals surface area contributed by atoms with Gasteiger partial charge in [-0.15, -0.1) is 0 Å². The minimum atomic E-state index is -4.88. The van der Waals surface area contributed by atoms with Gasteiger partial charge in [0.05, 0.1) is 12.2 Å². The fourth-order valence-corrected chi connectivity index (χ4v) is 5.38. The highest BCUT2D eigenvalue weighted by Gasteiger charge is 2.70. The molecular weight excluding hydrogens is 375 g/mol. The van der Waals surface area contributed by atoms with Gasteiger partial charge in [0.25, 0.3) is 0 Å². The van der Waals surface area contributed by atoms with E-state index >= 15 is 0 Å². The van der Waals surface area contributed by atoms with Crippen molar-refractivity contribution in [2.24, 2.45) is 16.7 Å². The van der Waals surface area contributed by atoms with Gasteiger partial charge >= 0.3 is 12.1 Å². The van der Waals surface area contributed by atoms with E-state index in [4.69, 9.17) is 9.15 Å². The summed E-state index contributed by atoms with van der Waals surface area (Å²) in [6, 6.07) is 0.159. The maximum Gasteiger partial charge on any atom is 0.421 e. The molecule has 1 aromatic rings. The average molecular weight is 399 g/mol. The highest BCUT2D eigenvalue weighted by Crippen LogP contribution is 2.70. The first kappa shape index (κ1) is 19.5. The van der Waals surface area contributed by atoms with Gasteiger partial charge in [0.2, 0.25) is 5.76 Å². The van der Waals surface area contributed by atoms with Crippen molar-refractivity contribution in [1.82, 2.24) is 4.90 Å². The van der Waals surface area contributed by atoms with Gasteiger partial charge in [-0.2, -0.15) is 13.2 Å². The van der Waals surface area contributed by atoms with Crippen LogP contribution in [0.25, 0.3) is 0 Å². The Morgan fingerprint density at radius 1 is 1.32 bits per heavy atom. The van der Waals surface area contributed by atoms with Crippen LogP contribution in [0.4, 0.5) is 13.2 Å². The topological polar surface area (TPSA) is 59.8 Å². The van der Waals surface area contributed by atoms with E-state index in [0.29, 0.717) is 0 Å². The highest BCUT2D eigenvalue weighted by molar-refractivity contribution is 6.05. The molecule has 1 heterocycles. The Bertz CT molecular complexity index is 852. The van der Waals surface area contributed by atoms with Crippen molar-refractivity contribution in [2.45, 2.75) is 51.7 Å². The van der Waals surface area contributed by atoms with Gasteiger partial charge in [0.15, 0.2) is 5.78 Å². The van der Waals surface area contributed by atoms with Crippen LogP contribution < -0.4 is 0 Å². The fourth-order valence-electron chi connectivity index (χ4n) is 5.38. The first-order chi connectivity index (χ1) is 13.0. The van der Waals surface area contributed by atoms with Gasteiger partial charge in [0, 0.05) is 18.4 Å². The maximum absolute atomic E-state index is 13.9. The van der Waals surface area contributed by atoms with Gasteiger partial charge in [-0.3, -0.25) is 4.79 Å². The van der Waals surface area contributed by atoms with Crippen molar-refractivity contribution in [1.29, 1.82) is 0 Å². The molecule has 0 amide bonds. The molecule has 8 heteroatoms. The van der Waals surface area contributed by atoms with Crippen LogP contribution in [0, 0.1) is 16.7 Å². The second-order valence-electron chi connectivity index (χ2n) is 8.85. The molecule has 0 bridgehead atoms. The van der Waals surface area contributed by atoms with E-state index in [0.717, 1.165) is 19.3 Å². The normalized spacial score (nSPS) is 30.5. The van der Waals surface area contributed by atoms with E-state index < -0.39 is 40.7 Å². The van der Waals surface area contributed by atoms with Crippen LogP contribution in [-0.4, -0.2) is 43.4 Å². The molecule has 0 N–H and O–H groups in total. The summed E-state index contributed by atoms with van der Waals surface area (Å²) in [6.45, 7) is 3.42. The Hall–Kier alpha value is -1.83. The second kappa shape index (κ2) is 5.84. The zero-order valence-corrected chi connectivity index (χ0v) is 16.4. The smallest absolute Gasteiger partial charge is 0.421 e. The highest BCUT2D eigenvalue weighted by atomic mass is 19.4. The van der Waals surface area contributed by atoms with Gasteiger partial charge < -0.3 is 14.1 Å². The molecule has 3 unspecified atom stereocenters. The molecule has 5 nitrogen and oxygen atoms in total. The van der Waals surface area contributed by atoms with Gasteiger partial charge in [-0.05, 0) is 51.1 Å². The number of furan rings is 1. The summed E-state index contributed by atoms with van der Waals surface area (Å²) in [6.07, 6.45) is -2.27. The van der Waals surface area contributed by atoms with Gasteiger partial charge in [-0.1, -0.05) is 6.92 Å². The van der Waals surface area contributed by atoms with Crippen LogP contribution in [0.15, 0.2) is 4.42 Å². The molecule has 1 aromatic heterocycles. The first-order valence-electron chi connectivity index (χ1n) is 9.57. The summed E-state index contributed by atoms with van der Waals surface area (Å²) in [4.78, 5) is 27.6. The number of Topliss-reactive ketones (excluding diaryl/α,β-unsaturated/α-hetero) is 1. The third-order valence-electron chi connectivity index (χ3n) is 6.77. The summed E-state index contributed by atoms with van der Waals surface area (Å²) >= 11 is 0. The van der Waals surface area contributed by atoms with Crippen LogP contribution >= 0.6 is 0 Å². The van der Waals surface area contributed by atoms with E-state index in [1.807, 2.05) is 25.9 Å². The Balaban J connectivity index is 1.84. The second-order valence-corrected chi connectivity index (χ2v) is 8.85. The summed E-state index contributed by atoms with van der Waals surface area (Å²) in [5.74, 6) is -3.11. The number of nitrogens with zero attached hydrogens (tertiary/aromatic N) is 1. The van der Waals surface area contributed by atoms with Crippen LogP contribution in [0.1, 0.15) is 65.3 Å². The maximum atomic E-state index is 13.9. The molecule has 4 rings (SSSR count). The number of fused-ring (bicyclic) bond motifs is 1. The van der Waals surface area contributed by atoms with Crippen molar-refractivity contribution in [3.05, 3.63) is 22.6 Å². The minimum absolute atomic E-state index is 0.0141. The molecule has 2 saturated carbocycles. The first-order valence-corrected chi connectivity index (χ1v) is 9.57. The summed E-state index contributed by atoms with van der Waals surface area (Å²) in [5, 5.41) is 0. The molecule has 3 atom stereocenters. The Morgan fingerprint density at radius 3 is 2.43 bits per heavy atom. The standard InChI is InChI=1S/C20H24F3NO4/c1-5-27-17(26)15-13(20(21,22)23)12-10(28-15)8-19(6-7-19)16(14(12)25)18(2)9-11(18)24(3)4/h11,16H,5-9H2,1-4H3. The lowest BCUT2D eigenvalue weighted by Crippen LogP contribution is -2.41. The lowest BCUT2D eigenvalue weighted by atomic mass is 9.66. The number of hydrogen-bond donors (Lipinski definition) is 0. The van der Waals surface area contributed by atoms with Crippen LogP contribution in [0.3, 0.4) is 0 Å². The summed E-state index contributed by atoms with van der Waals surface area (Å²) in [7, 11) is 3.85. The molecule has 0 saturated heterocycles. The zero-order valence-electron chi connectivity index (χ0n) is 16.4. The predicted octanol–water partition coefficient (Wildman–Crippen LogP) is 3.95. The van der Waals surface area contributed by atoms with E-state index in [1.165, 1.54) is 6.92 Å². The van der Waals surface area contributed by atoms with E-state index in [2.05, 4.69) is 0 Å². The lowest BCUT2D eigenvalue weighted by molar-refractivity contribution is -0.139. The summed E-state index contributed by atoms with van der Waals surface area (Å²) in [5.41, 5.74) is -2.43. The Kier molecular flexibility index (Phi) is 4.07. The monoisotopic (exact) mass is 399 g/mol. The third-order valence-corrected chi connectivity index (χ3v) is 6.77. The molecule has 1 spiro atoms. The molecule has 28 heavy (non-hydrogen) atoms. The van der Waals surface area contributed by atoms with Crippen molar-refractivity contribution < 1.29 is 31.9 Å². The minimum Gasteiger partial charge on any atom is -0.460 e. The number of esters is 1. The molecule has 0 aliphatic heterocycles. The SMILES string of the molecule is CCOC(=O)c1oc2c(c1C(F)(F)F)C(=O)C(C1(C)CC1N(C)C)C1(CC1)C2. The molecule has 0 radical (unpaired) electrons. The van der Waals surface area contributed by atoms with E-state index in [1.54, 1.807) is 0 Å². The number of ether oxygens (including phenoxy) is 1. The number of alkyl halides is 3. The van der Waals surface area contributed by atoms with Crippen molar-refractivity contribution in [3.8, 4) is 0 Å². The number of rotatable bonds is 4. The van der Waals surface area contributed by atoms with Crippen molar-refractivity contribution in [2.75, 3.05) is 20.7 Å². The number of hydrogen-bond acceptors (Lipinski definition) is 5. The number of carbonyl (C=O) groups excluding carboxylic acids is 2. The molecule has 0 aromatic carbocycles. The quantitative estimate of drug-likeness (QED) is 0.718. The lowest BCUT2D eigenvalue weighted by Gasteiger charge is -2.36. The fraction of sp³-hybridized carbons (Fsp3) is 0.700. The molecular formula is C20H24F3NO4. The van der Waals surface area contributed by atoms with Crippen molar-refractivity contribution >= 4 is 11.8 Å². The van der Waals surface area contributed by atoms with E-state index in [9.17, 15) is 22.8 Å². The largest absolute Gasteiger partial charge is 0.460 e. The number of carbonyl (C=O) groups is 2. The van der Waals surface area contributed by atoms with Crippen LogP contribution in [0.5, 0.6) is 0 Å². The zero-order chi connectivity index (χ0) is 20.6. The molecule has 3 aliphatic carbocycles. The van der Waals surface area contributed by atoms with Gasteiger partial charge in [-0.25, -0.2) is 4.79 Å². The molecule has 2 fully saturated rings. The average Bonchev–Trinajstić information content (AvgIpc) is 3.43. The van der Waals surface area contributed by atoms with E-state index in [-0.39, 0.29) is 35.7 Å². The number of ketones is 1. The Labute approximate surface area is 161 Å². The third kappa shape index (κ3) is 2.64. The molecule has 3 aliphatic rings. The van der Waals surface area contributed by atoms with Crippen LogP contribution in [-0.2, 0) is 17.3 Å². The van der Waals surface area contributed by atoms with Crippen molar-refractivity contribution in [3.63, 3.8) is 0 Å². The predicted molar refractivity (Wildman–Crippen MR) is 93.1 cm³/mol. The summed E-state index contributed by atoms with van der Waals surface area (Å²) < 4.78 is 51.7.